The molecule has 4 atom stereocenters. The first-order valence-electron chi connectivity index (χ1n) is 11.8. The van der Waals surface area contributed by atoms with E-state index in [4.69, 9.17) is 33.1 Å². The molecule has 39 heavy (non-hydrogen) atoms. The van der Waals surface area contributed by atoms with E-state index in [-0.39, 0.29) is 25.3 Å². The number of nitrogens with two attached hydrogens (primary N) is 4. The van der Waals surface area contributed by atoms with Crippen LogP contribution < -0.4 is 38.9 Å². The van der Waals surface area contributed by atoms with Crippen LogP contribution in [-0.4, -0.2) is 93.5 Å². The Morgan fingerprint density at radius 1 is 0.641 bits per heavy atom. The van der Waals surface area contributed by atoms with Crippen LogP contribution in [0.15, 0.2) is 4.99 Å². The van der Waals surface area contributed by atoms with E-state index in [2.05, 4.69) is 20.9 Å². The standard InChI is InChI=1S/C21H36N8O10/c22-10(2-1-9-26-21(24)25)17(35)27-12(4-7-15(31)32)18(36)28-11(3-6-14(23)30)19(37)29-13(20(38)39)5-8-16(33)34/h10-13H,1-9,22H2,(H2,23,30)(H,27,35)(H,28,36)(H,29,37)(H,31,32)(H,33,34)(H,38,39)(H4,24,25,26). The number of rotatable bonds is 20. The molecule has 18 nitrogen and oxygen atoms in total. The van der Waals surface area contributed by atoms with Crippen LogP contribution in [0.4, 0.5) is 0 Å². The minimum atomic E-state index is -1.62. The fourth-order valence-electron chi connectivity index (χ4n) is 3.09. The van der Waals surface area contributed by atoms with Crippen LogP contribution in [0.25, 0.3) is 0 Å². The lowest BCUT2D eigenvalue weighted by Crippen LogP contribution is -2.57. The second kappa shape index (κ2) is 17.9. The Bertz CT molecular complexity index is 938. The van der Waals surface area contributed by atoms with E-state index in [0.29, 0.717) is 6.42 Å². The molecule has 0 aliphatic heterocycles. The van der Waals surface area contributed by atoms with Crippen LogP contribution in [-0.2, 0) is 33.6 Å². The van der Waals surface area contributed by atoms with Gasteiger partial charge in [0.2, 0.25) is 23.6 Å². The Hall–Kier alpha value is -4.48. The highest BCUT2D eigenvalue weighted by Crippen LogP contribution is 2.06. The number of amides is 4. The number of aliphatic carboxylic acids is 3. The molecule has 4 unspecified atom stereocenters. The molecule has 0 aromatic rings. The lowest BCUT2D eigenvalue weighted by molar-refractivity contribution is -0.143. The number of nitrogens with zero attached hydrogens (tertiary/aromatic N) is 1. The smallest absolute Gasteiger partial charge is 0.326 e. The molecule has 0 aromatic carbocycles. The Labute approximate surface area is 222 Å². The third-order valence-corrected chi connectivity index (χ3v) is 5.16. The average molecular weight is 561 g/mol. The fraction of sp³-hybridized carbons (Fsp3) is 0.619. The summed E-state index contributed by atoms with van der Waals surface area (Å²) in [6.07, 6.45) is -2.33. The number of carboxylic acid groups (broad SMARTS) is 3. The van der Waals surface area contributed by atoms with Crippen LogP contribution in [0.1, 0.15) is 51.4 Å². The summed E-state index contributed by atoms with van der Waals surface area (Å²) in [4.78, 5) is 86.5. The highest BCUT2D eigenvalue weighted by molar-refractivity contribution is 5.94. The van der Waals surface area contributed by atoms with Gasteiger partial charge in [0.1, 0.15) is 18.1 Å². The summed E-state index contributed by atoms with van der Waals surface area (Å²) in [6, 6.07) is -5.74. The molecule has 0 fully saturated rings. The van der Waals surface area contributed by atoms with Crippen molar-refractivity contribution in [3.8, 4) is 0 Å². The van der Waals surface area contributed by atoms with Gasteiger partial charge in [-0.05, 0) is 32.1 Å². The number of primary amides is 1. The van der Waals surface area contributed by atoms with Crippen LogP contribution in [0.3, 0.4) is 0 Å². The predicted molar refractivity (Wildman–Crippen MR) is 133 cm³/mol. The maximum Gasteiger partial charge on any atom is 0.326 e. The van der Waals surface area contributed by atoms with Crippen molar-refractivity contribution in [1.82, 2.24) is 16.0 Å². The Balaban J connectivity index is 5.58. The molecule has 0 aromatic heterocycles. The summed E-state index contributed by atoms with van der Waals surface area (Å²) in [5, 5.41) is 33.7. The van der Waals surface area contributed by atoms with E-state index in [9.17, 15) is 38.7 Å². The van der Waals surface area contributed by atoms with E-state index in [0.717, 1.165) is 0 Å². The second-order valence-electron chi connectivity index (χ2n) is 8.45. The monoisotopic (exact) mass is 560 g/mol. The van der Waals surface area contributed by atoms with E-state index in [1.807, 2.05) is 0 Å². The molecular weight excluding hydrogens is 524 g/mol. The van der Waals surface area contributed by atoms with Gasteiger partial charge in [0.15, 0.2) is 5.96 Å². The molecule has 4 amide bonds. The molecule has 0 saturated carbocycles. The zero-order valence-corrected chi connectivity index (χ0v) is 21.1. The summed E-state index contributed by atoms with van der Waals surface area (Å²) < 4.78 is 0. The van der Waals surface area contributed by atoms with Crippen molar-refractivity contribution in [2.45, 2.75) is 75.5 Å². The summed E-state index contributed by atoms with van der Waals surface area (Å²) in [7, 11) is 0. The molecule has 0 bridgehead atoms. The normalized spacial score (nSPS) is 13.6. The minimum Gasteiger partial charge on any atom is -0.481 e. The van der Waals surface area contributed by atoms with Crippen molar-refractivity contribution in [3.63, 3.8) is 0 Å². The number of hydrogen-bond donors (Lipinski definition) is 10. The third kappa shape index (κ3) is 16.1. The highest BCUT2D eigenvalue weighted by Gasteiger charge is 2.31. The number of carbonyl (C=O) groups is 7. The van der Waals surface area contributed by atoms with Gasteiger partial charge in [0, 0.05) is 25.8 Å². The molecule has 0 aliphatic rings. The van der Waals surface area contributed by atoms with E-state index < -0.39 is 97.8 Å². The zero-order valence-electron chi connectivity index (χ0n) is 21.1. The van der Waals surface area contributed by atoms with Crippen molar-refractivity contribution < 1.29 is 48.9 Å². The first-order chi connectivity index (χ1) is 18.1. The highest BCUT2D eigenvalue weighted by atomic mass is 16.4. The van der Waals surface area contributed by atoms with Crippen LogP contribution >= 0.6 is 0 Å². The van der Waals surface area contributed by atoms with Gasteiger partial charge >= 0.3 is 17.9 Å². The molecule has 220 valence electrons. The largest absolute Gasteiger partial charge is 0.481 e. The Kier molecular flexibility index (Phi) is 15.8. The second-order valence-corrected chi connectivity index (χ2v) is 8.45. The van der Waals surface area contributed by atoms with E-state index >= 15 is 0 Å². The van der Waals surface area contributed by atoms with Crippen LogP contribution in [0.2, 0.25) is 0 Å². The maximum absolute atomic E-state index is 12.9. The summed E-state index contributed by atoms with van der Waals surface area (Å²) in [5.41, 5.74) is 21.3. The Morgan fingerprint density at radius 3 is 1.51 bits per heavy atom. The summed E-state index contributed by atoms with van der Waals surface area (Å²) in [6.45, 7) is 0.187. The number of aliphatic imine (C=N–C) groups is 1. The number of carboxylic acids is 3. The minimum absolute atomic E-state index is 0.118. The van der Waals surface area contributed by atoms with Crippen LogP contribution in [0, 0.1) is 0 Å². The van der Waals surface area contributed by atoms with Gasteiger partial charge in [-0.1, -0.05) is 0 Å². The lowest BCUT2D eigenvalue weighted by atomic mass is 10.0. The number of carbonyl (C=O) groups excluding carboxylic acids is 4. The number of nitrogens with one attached hydrogen (secondary N) is 3. The molecule has 0 aliphatic carbocycles. The fourth-order valence-corrected chi connectivity index (χ4v) is 3.09. The van der Waals surface area contributed by atoms with Crippen molar-refractivity contribution in [2.24, 2.45) is 27.9 Å². The molecule has 0 radical (unpaired) electrons. The van der Waals surface area contributed by atoms with Gasteiger partial charge in [0.25, 0.3) is 0 Å². The van der Waals surface area contributed by atoms with Gasteiger partial charge in [0.05, 0.1) is 6.04 Å². The third-order valence-electron chi connectivity index (χ3n) is 5.16. The van der Waals surface area contributed by atoms with Crippen molar-refractivity contribution >= 4 is 47.5 Å². The first kappa shape index (κ1) is 34.5. The Morgan fingerprint density at radius 2 is 1.08 bits per heavy atom. The van der Waals surface area contributed by atoms with Crippen LogP contribution in [0.5, 0.6) is 0 Å². The molecule has 0 rings (SSSR count). The van der Waals surface area contributed by atoms with Gasteiger partial charge in [-0.3, -0.25) is 33.8 Å². The van der Waals surface area contributed by atoms with Gasteiger partial charge < -0.3 is 54.2 Å². The lowest BCUT2D eigenvalue weighted by Gasteiger charge is -2.25. The SMILES string of the molecule is NC(=O)CCC(NC(=O)C(CCC(=O)O)NC(=O)C(N)CCCN=C(N)N)C(=O)NC(CCC(=O)O)C(=O)O. The van der Waals surface area contributed by atoms with Gasteiger partial charge in [-0.25, -0.2) is 4.79 Å². The summed E-state index contributed by atoms with van der Waals surface area (Å²) in [5.74, 6) is -8.00. The molecule has 0 saturated heterocycles. The quantitative estimate of drug-likeness (QED) is 0.0385. The van der Waals surface area contributed by atoms with E-state index in [1.165, 1.54) is 0 Å². The molecule has 18 heteroatoms. The van der Waals surface area contributed by atoms with Crippen molar-refractivity contribution in [2.75, 3.05) is 6.54 Å². The molecule has 14 N–H and O–H groups in total. The predicted octanol–water partition coefficient (Wildman–Crippen LogP) is -4.10. The van der Waals surface area contributed by atoms with E-state index in [1.54, 1.807) is 0 Å². The molecular formula is C21H36N8O10. The first-order valence-corrected chi connectivity index (χ1v) is 11.8. The number of guanidine groups is 1. The topological polar surface area (TPSA) is 333 Å². The maximum atomic E-state index is 12.9. The van der Waals surface area contributed by atoms with Gasteiger partial charge in [-0.2, -0.15) is 0 Å². The zero-order chi connectivity index (χ0) is 30.1. The molecule has 0 spiro atoms. The van der Waals surface area contributed by atoms with Crippen molar-refractivity contribution in [3.05, 3.63) is 0 Å². The molecule has 0 heterocycles. The van der Waals surface area contributed by atoms with Gasteiger partial charge in [-0.15, -0.1) is 0 Å². The summed E-state index contributed by atoms with van der Waals surface area (Å²) >= 11 is 0. The van der Waals surface area contributed by atoms with Crippen molar-refractivity contribution in [1.29, 1.82) is 0 Å². The average Bonchev–Trinajstić information content (AvgIpc) is 2.83. The number of hydrogen-bond acceptors (Lipinski definition) is 9.